The number of nitrogens with one attached hydrogen (secondary N) is 2. The Hall–Kier alpha value is -2.65. The second kappa shape index (κ2) is 21.2. The average Bonchev–Trinajstić information content (AvgIpc) is 2.91. The van der Waals surface area contributed by atoms with Crippen LogP contribution in [-0.4, -0.2) is 71.0 Å². The van der Waals surface area contributed by atoms with Crippen LogP contribution in [0.2, 0.25) is 0 Å². The highest BCUT2D eigenvalue weighted by Gasteiger charge is 2.30. The van der Waals surface area contributed by atoms with Crippen LogP contribution in [0.3, 0.4) is 0 Å². The Kier molecular flexibility index (Phi) is 18.7. The second-order valence-corrected chi connectivity index (χ2v) is 10.8. The van der Waals surface area contributed by atoms with Gasteiger partial charge in [-0.15, -0.1) is 0 Å². The highest BCUT2D eigenvalue weighted by molar-refractivity contribution is 5.89. The van der Waals surface area contributed by atoms with Crippen molar-refractivity contribution in [1.82, 2.24) is 15.5 Å². The Morgan fingerprint density at radius 1 is 0.718 bits per heavy atom. The number of aliphatic carboxylic acids is 2. The van der Waals surface area contributed by atoms with E-state index in [1.165, 1.54) is 58.4 Å². The van der Waals surface area contributed by atoms with Crippen LogP contribution in [0.4, 0.5) is 0 Å². The van der Waals surface area contributed by atoms with Gasteiger partial charge in [0.1, 0.15) is 6.04 Å². The highest BCUT2D eigenvalue weighted by atomic mass is 16.4. The first-order chi connectivity index (χ1) is 18.7. The molecule has 1 atom stereocenters. The number of carboxylic acid groups (broad SMARTS) is 2. The molecule has 1 rings (SSSR count). The van der Waals surface area contributed by atoms with Crippen molar-refractivity contribution < 1.29 is 34.2 Å². The summed E-state index contributed by atoms with van der Waals surface area (Å²) in [6.07, 6.45) is 17.5. The van der Waals surface area contributed by atoms with Crippen LogP contribution >= 0.6 is 0 Å². The fraction of sp³-hybridized carbons (Fsp3) is 0.828. The number of unbranched alkanes of at least 4 members (excludes halogenated alkanes) is 13. The summed E-state index contributed by atoms with van der Waals surface area (Å²) in [7, 11) is 1.42. The summed E-state index contributed by atoms with van der Waals surface area (Å²) in [6.45, 7) is 0.990. The lowest BCUT2D eigenvalue weighted by molar-refractivity contribution is -0.144. The van der Waals surface area contributed by atoms with Gasteiger partial charge in [0.2, 0.25) is 17.7 Å². The SMILES string of the molecule is CNC(=O)C[C@@H](NC(=O)C1CCN(C(=O)CCCCCCCCCCCCCCCCC(=O)O)CC1)C(=O)O. The fourth-order valence-corrected chi connectivity index (χ4v) is 5.00. The molecular weight excluding hydrogens is 502 g/mol. The van der Waals surface area contributed by atoms with Gasteiger partial charge in [-0.3, -0.25) is 19.2 Å². The number of likely N-dealkylation sites (tertiary alicyclic amines) is 1. The number of carboxylic acids is 2. The van der Waals surface area contributed by atoms with E-state index in [2.05, 4.69) is 10.6 Å². The van der Waals surface area contributed by atoms with Crippen LogP contribution < -0.4 is 10.6 Å². The third kappa shape index (κ3) is 16.8. The van der Waals surface area contributed by atoms with Gasteiger partial charge in [0.05, 0.1) is 6.42 Å². The minimum Gasteiger partial charge on any atom is -0.481 e. The summed E-state index contributed by atoms with van der Waals surface area (Å²) >= 11 is 0. The molecule has 1 heterocycles. The Labute approximate surface area is 233 Å². The van der Waals surface area contributed by atoms with E-state index in [1.807, 2.05) is 0 Å². The predicted octanol–water partition coefficient (Wildman–Crippen LogP) is 4.26. The monoisotopic (exact) mass is 553 g/mol. The zero-order chi connectivity index (χ0) is 28.9. The van der Waals surface area contributed by atoms with Crippen molar-refractivity contribution in [2.45, 2.75) is 128 Å². The number of hydrogen-bond donors (Lipinski definition) is 4. The molecule has 0 bridgehead atoms. The first-order valence-electron chi connectivity index (χ1n) is 15.0. The Balaban J connectivity index is 2.01. The van der Waals surface area contributed by atoms with E-state index < -0.39 is 23.9 Å². The maximum absolute atomic E-state index is 12.5. The third-order valence-electron chi connectivity index (χ3n) is 7.53. The Morgan fingerprint density at radius 2 is 1.15 bits per heavy atom. The quantitative estimate of drug-likeness (QED) is 0.146. The summed E-state index contributed by atoms with van der Waals surface area (Å²) < 4.78 is 0. The maximum atomic E-state index is 12.5. The number of rotatable bonds is 22. The van der Waals surface area contributed by atoms with Gasteiger partial charge in [-0.05, 0) is 25.7 Å². The molecular formula is C29H51N3O7. The zero-order valence-corrected chi connectivity index (χ0v) is 23.9. The molecule has 0 spiro atoms. The van der Waals surface area contributed by atoms with E-state index in [1.54, 1.807) is 4.90 Å². The number of carbonyl (C=O) groups excluding carboxylic acids is 3. The topological polar surface area (TPSA) is 153 Å². The molecule has 0 radical (unpaired) electrons. The van der Waals surface area contributed by atoms with E-state index in [0.717, 1.165) is 38.5 Å². The second-order valence-electron chi connectivity index (χ2n) is 10.8. The van der Waals surface area contributed by atoms with Gasteiger partial charge >= 0.3 is 11.9 Å². The van der Waals surface area contributed by atoms with Gasteiger partial charge in [0.25, 0.3) is 0 Å². The first kappa shape index (κ1) is 34.4. The molecule has 1 fully saturated rings. The molecule has 1 saturated heterocycles. The predicted molar refractivity (Wildman–Crippen MR) is 149 cm³/mol. The van der Waals surface area contributed by atoms with Crippen LogP contribution in [0.1, 0.15) is 122 Å². The van der Waals surface area contributed by atoms with E-state index in [0.29, 0.717) is 38.8 Å². The summed E-state index contributed by atoms with van der Waals surface area (Å²) in [6, 6.07) is -1.25. The van der Waals surface area contributed by atoms with Gasteiger partial charge in [0.15, 0.2) is 0 Å². The minimum atomic E-state index is -1.25. The molecule has 0 aromatic heterocycles. The largest absolute Gasteiger partial charge is 0.481 e. The summed E-state index contributed by atoms with van der Waals surface area (Å²) in [5.74, 6) is -2.99. The number of carbonyl (C=O) groups is 5. The molecule has 10 heteroatoms. The fourth-order valence-electron chi connectivity index (χ4n) is 5.00. The number of nitrogens with zero attached hydrogens (tertiary/aromatic N) is 1. The van der Waals surface area contributed by atoms with Crippen molar-refractivity contribution in [1.29, 1.82) is 0 Å². The van der Waals surface area contributed by atoms with Crippen molar-refractivity contribution in [3.05, 3.63) is 0 Å². The lowest BCUT2D eigenvalue weighted by Gasteiger charge is -2.32. The minimum absolute atomic E-state index is 0.124. The molecule has 0 aliphatic carbocycles. The molecule has 39 heavy (non-hydrogen) atoms. The molecule has 0 aromatic carbocycles. The number of piperidine rings is 1. The molecule has 0 unspecified atom stereocenters. The summed E-state index contributed by atoms with van der Waals surface area (Å²) in [5.41, 5.74) is 0. The maximum Gasteiger partial charge on any atom is 0.326 e. The molecule has 1 aliphatic heterocycles. The highest BCUT2D eigenvalue weighted by Crippen LogP contribution is 2.20. The van der Waals surface area contributed by atoms with Gasteiger partial charge in [-0.1, -0.05) is 77.0 Å². The van der Waals surface area contributed by atoms with Crippen LogP contribution in [-0.2, 0) is 24.0 Å². The average molecular weight is 554 g/mol. The van der Waals surface area contributed by atoms with Crippen molar-refractivity contribution >= 4 is 29.7 Å². The van der Waals surface area contributed by atoms with Gasteiger partial charge in [-0.2, -0.15) is 0 Å². The standard InChI is InChI=1S/C29H51N3O7/c1-30-25(33)22-24(29(38)39)31-28(37)23-18-20-32(21-19-23)26(34)16-14-12-10-8-6-4-2-3-5-7-9-11-13-15-17-27(35)36/h23-24H,2-22H2,1H3,(H,30,33)(H,31,37)(H,35,36)(H,38,39)/t24-/m1/s1. The molecule has 10 nitrogen and oxygen atoms in total. The van der Waals surface area contributed by atoms with Gasteiger partial charge in [0, 0.05) is 38.9 Å². The summed E-state index contributed by atoms with van der Waals surface area (Å²) in [5, 5.41) is 22.7. The van der Waals surface area contributed by atoms with Gasteiger partial charge in [-0.25, -0.2) is 4.79 Å². The summed E-state index contributed by atoms with van der Waals surface area (Å²) in [4.78, 5) is 60.1. The van der Waals surface area contributed by atoms with Crippen molar-refractivity contribution in [3.63, 3.8) is 0 Å². The molecule has 4 N–H and O–H groups in total. The molecule has 224 valence electrons. The third-order valence-corrected chi connectivity index (χ3v) is 7.53. The van der Waals surface area contributed by atoms with Crippen molar-refractivity contribution in [2.75, 3.05) is 20.1 Å². The number of amides is 3. The number of hydrogen-bond acceptors (Lipinski definition) is 5. The molecule has 1 aliphatic rings. The Morgan fingerprint density at radius 3 is 1.56 bits per heavy atom. The zero-order valence-electron chi connectivity index (χ0n) is 23.9. The van der Waals surface area contributed by atoms with Crippen molar-refractivity contribution in [2.24, 2.45) is 5.92 Å². The van der Waals surface area contributed by atoms with Gasteiger partial charge < -0.3 is 25.7 Å². The molecule has 3 amide bonds. The molecule has 0 saturated carbocycles. The van der Waals surface area contributed by atoms with Crippen LogP contribution in [0, 0.1) is 5.92 Å². The van der Waals surface area contributed by atoms with Crippen molar-refractivity contribution in [3.8, 4) is 0 Å². The van der Waals surface area contributed by atoms with Crippen LogP contribution in [0.5, 0.6) is 0 Å². The smallest absolute Gasteiger partial charge is 0.326 e. The lowest BCUT2D eigenvalue weighted by atomic mass is 9.95. The van der Waals surface area contributed by atoms with Crippen LogP contribution in [0.15, 0.2) is 0 Å². The van der Waals surface area contributed by atoms with E-state index >= 15 is 0 Å². The normalized spacial score (nSPS) is 14.5. The van der Waals surface area contributed by atoms with Crippen LogP contribution in [0.25, 0.3) is 0 Å². The first-order valence-corrected chi connectivity index (χ1v) is 15.0. The molecule has 0 aromatic rings. The van der Waals surface area contributed by atoms with E-state index in [4.69, 9.17) is 5.11 Å². The van der Waals surface area contributed by atoms with E-state index in [9.17, 15) is 29.1 Å². The lowest BCUT2D eigenvalue weighted by Crippen LogP contribution is -2.48. The Bertz CT molecular complexity index is 751. The van der Waals surface area contributed by atoms with E-state index in [-0.39, 0.29) is 24.2 Å².